The second kappa shape index (κ2) is 6.20. The van der Waals surface area contributed by atoms with Crippen molar-refractivity contribution >= 4 is 0 Å². The van der Waals surface area contributed by atoms with E-state index in [1.54, 1.807) is 0 Å². The van der Waals surface area contributed by atoms with E-state index in [9.17, 15) is 0 Å². The van der Waals surface area contributed by atoms with Crippen LogP contribution >= 0.6 is 0 Å². The number of imidazole rings is 1. The molecule has 0 aromatic carbocycles. The summed E-state index contributed by atoms with van der Waals surface area (Å²) in [6.07, 6.45) is 6.24. The summed E-state index contributed by atoms with van der Waals surface area (Å²) in [5.41, 5.74) is 0. The molecule has 6 heteroatoms. The first-order chi connectivity index (χ1) is 10.5. The van der Waals surface area contributed by atoms with Gasteiger partial charge in [-0.25, -0.2) is 4.98 Å². The average molecular weight is 303 g/mol. The first-order valence-electron chi connectivity index (χ1n) is 8.08. The predicted octanol–water partition coefficient (Wildman–Crippen LogP) is 2.64. The van der Waals surface area contributed by atoms with Crippen molar-refractivity contribution in [2.75, 3.05) is 13.6 Å². The van der Waals surface area contributed by atoms with Crippen LogP contribution in [0, 0.1) is 5.92 Å². The third-order valence-corrected chi connectivity index (χ3v) is 4.57. The highest BCUT2D eigenvalue weighted by Crippen LogP contribution is 2.24. The van der Waals surface area contributed by atoms with E-state index in [1.165, 1.54) is 12.2 Å². The molecule has 0 fully saturated rings. The maximum Gasteiger partial charge on any atom is 0.243 e. The Morgan fingerprint density at radius 1 is 1.41 bits per heavy atom. The number of aromatic nitrogens is 4. The molecule has 0 N–H and O–H groups in total. The molecule has 3 heterocycles. The second-order valence-corrected chi connectivity index (χ2v) is 6.66. The fourth-order valence-corrected chi connectivity index (χ4v) is 2.99. The summed E-state index contributed by atoms with van der Waals surface area (Å²) in [6, 6.07) is 0.143. The van der Waals surface area contributed by atoms with Crippen LogP contribution in [-0.4, -0.2) is 38.2 Å². The molecule has 2 aromatic heterocycles. The molecule has 22 heavy (non-hydrogen) atoms. The van der Waals surface area contributed by atoms with Crippen molar-refractivity contribution in [1.82, 2.24) is 24.6 Å². The van der Waals surface area contributed by atoms with Crippen LogP contribution in [0.2, 0.25) is 0 Å². The van der Waals surface area contributed by atoms with Gasteiger partial charge in [0.05, 0.1) is 6.04 Å². The molecular weight excluding hydrogens is 278 g/mol. The largest absolute Gasteiger partial charge is 0.338 e. The van der Waals surface area contributed by atoms with Gasteiger partial charge in [-0.2, -0.15) is 4.98 Å². The van der Waals surface area contributed by atoms with Crippen molar-refractivity contribution in [3.63, 3.8) is 0 Å². The summed E-state index contributed by atoms with van der Waals surface area (Å²) < 4.78 is 7.70. The molecule has 0 aliphatic carbocycles. The Balaban J connectivity index is 1.60. The summed E-state index contributed by atoms with van der Waals surface area (Å²) >= 11 is 0. The zero-order valence-electron chi connectivity index (χ0n) is 13.9. The predicted molar refractivity (Wildman–Crippen MR) is 83.5 cm³/mol. The van der Waals surface area contributed by atoms with Gasteiger partial charge in [-0.1, -0.05) is 19.0 Å². The van der Waals surface area contributed by atoms with Gasteiger partial charge >= 0.3 is 0 Å². The third-order valence-electron chi connectivity index (χ3n) is 4.57. The molecule has 1 aliphatic heterocycles. The molecule has 3 rings (SSSR count). The standard InChI is InChI=1S/C16H25N5O/c1-11(2)15-18-16(22-19-15)12(3)20(4)9-13-5-6-14-17-7-8-21(14)10-13/h7-8,11-13H,5-6,9-10H2,1-4H3/t12-,13+/m1/s1. The monoisotopic (exact) mass is 303 g/mol. The molecule has 0 bridgehead atoms. The Bertz CT molecular complexity index is 618. The molecule has 0 saturated heterocycles. The number of hydrogen-bond acceptors (Lipinski definition) is 5. The van der Waals surface area contributed by atoms with Crippen LogP contribution in [0.15, 0.2) is 16.9 Å². The molecule has 2 aromatic rings. The van der Waals surface area contributed by atoms with Crippen molar-refractivity contribution in [2.45, 2.75) is 52.1 Å². The van der Waals surface area contributed by atoms with Crippen LogP contribution < -0.4 is 0 Å². The number of hydrogen-bond donors (Lipinski definition) is 0. The van der Waals surface area contributed by atoms with Crippen molar-refractivity contribution < 1.29 is 4.52 Å². The lowest BCUT2D eigenvalue weighted by Gasteiger charge is -2.30. The summed E-state index contributed by atoms with van der Waals surface area (Å²) in [5, 5.41) is 4.06. The minimum absolute atomic E-state index is 0.143. The van der Waals surface area contributed by atoms with Crippen molar-refractivity contribution in [3.8, 4) is 0 Å². The van der Waals surface area contributed by atoms with Gasteiger partial charge in [0.2, 0.25) is 5.89 Å². The van der Waals surface area contributed by atoms with Gasteiger partial charge in [0.1, 0.15) is 5.82 Å². The first-order valence-corrected chi connectivity index (χ1v) is 8.08. The summed E-state index contributed by atoms with van der Waals surface area (Å²) in [4.78, 5) is 11.2. The summed E-state index contributed by atoms with van der Waals surface area (Å²) in [6.45, 7) is 8.36. The van der Waals surface area contributed by atoms with Gasteiger partial charge in [-0.3, -0.25) is 4.90 Å². The van der Waals surface area contributed by atoms with Gasteiger partial charge in [-0.15, -0.1) is 0 Å². The van der Waals surface area contributed by atoms with Gasteiger partial charge < -0.3 is 9.09 Å². The van der Waals surface area contributed by atoms with E-state index in [0.717, 1.165) is 25.3 Å². The number of fused-ring (bicyclic) bond motifs is 1. The zero-order chi connectivity index (χ0) is 15.7. The quantitative estimate of drug-likeness (QED) is 0.850. The van der Waals surface area contributed by atoms with Gasteiger partial charge in [0, 0.05) is 37.8 Å². The van der Waals surface area contributed by atoms with Gasteiger partial charge in [0.15, 0.2) is 5.82 Å². The normalized spacial score (nSPS) is 19.6. The minimum atomic E-state index is 0.143. The molecule has 0 radical (unpaired) electrons. The van der Waals surface area contributed by atoms with Crippen LogP contribution in [0.25, 0.3) is 0 Å². The third kappa shape index (κ3) is 3.06. The van der Waals surface area contributed by atoms with Crippen LogP contribution in [0.4, 0.5) is 0 Å². The van der Waals surface area contributed by atoms with Crippen molar-refractivity contribution in [1.29, 1.82) is 0 Å². The lowest BCUT2D eigenvalue weighted by atomic mass is 9.98. The molecule has 2 atom stereocenters. The molecule has 1 aliphatic rings. The fourth-order valence-electron chi connectivity index (χ4n) is 2.99. The van der Waals surface area contributed by atoms with E-state index in [4.69, 9.17) is 4.52 Å². The van der Waals surface area contributed by atoms with Crippen LogP contribution in [0.3, 0.4) is 0 Å². The average Bonchev–Trinajstić information content (AvgIpc) is 3.15. The highest BCUT2D eigenvalue weighted by molar-refractivity contribution is 4.98. The second-order valence-electron chi connectivity index (χ2n) is 6.66. The first kappa shape index (κ1) is 15.2. The molecule has 0 saturated carbocycles. The van der Waals surface area contributed by atoms with Crippen LogP contribution in [-0.2, 0) is 13.0 Å². The van der Waals surface area contributed by atoms with Gasteiger partial charge in [0.25, 0.3) is 0 Å². The summed E-state index contributed by atoms with van der Waals surface area (Å²) in [7, 11) is 2.13. The maximum absolute atomic E-state index is 5.42. The highest BCUT2D eigenvalue weighted by Gasteiger charge is 2.25. The lowest BCUT2D eigenvalue weighted by molar-refractivity contribution is 0.165. The lowest BCUT2D eigenvalue weighted by Crippen LogP contribution is -2.33. The van der Waals surface area contributed by atoms with Crippen molar-refractivity contribution in [3.05, 3.63) is 29.9 Å². The molecule has 0 unspecified atom stereocenters. The maximum atomic E-state index is 5.42. The smallest absolute Gasteiger partial charge is 0.243 e. The Morgan fingerprint density at radius 2 is 2.23 bits per heavy atom. The van der Waals surface area contributed by atoms with Crippen molar-refractivity contribution in [2.24, 2.45) is 5.92 Å². The Labute approximate surface area is 131 Å². The van der Waals surface area contributed by atoms with E-state index >= 15 is 0 Å². The van der Waals surface area contributed by atoms with E-state index in [1.807, 2.05) is 6.20 Å². The van der Waals surface area contributed by atoms with E-state index < -0.39 is 0 Å². The SMILES string of the molecule is CC(C)c1noc([C@@H](C)N(C)C[C@@H]2CCc3nccn3C2)n1. The van der Waals surface area contributed by atoms with Gasteiger partial charge in [-0.05, 0) is 26.3 Å². The topological polar surface area (TPSA) is 60.0 Å². The Hall–Kier alpha value is -1.69. The molecular formula is C16H25N5O. The fraction of sp³-hybridized carbons (Fsp3) is 0.688. The van der Waals surface area contributed by atoms with Crippen LogP contribution in [0.5, 0.6) is 0 Å². The van der Waals surface area contributed by atoms with E-state index in [2.05, 4.69) is 58.6 Å². The highest BCUT2D eigenvalue weighted by atomic mass is 16.5. The van der Waals surface area contributed by atoms with E-state index in [0.29, 0.717) is 17.7 Å². The summed E-state index contributed by atoms with van der Waals surface area (Å²) in [5.74, 6) is 3.65. The molecule has 6 nitrogen and oxygen atoms in total. The Kier molecular flexibility index (Phi) is 4.29. The molecule has 0 amide bonds. The molecule has 120 valence electrons. The van der Waals surface area contributed by atoms with Crippen LogP contribution in [0.1, 0.15) is 56.7 Å². The number of aryl methyl sites for hydroxylation is 1. The van der Waals surface area contributed by atoms with E-state index in [-0.39, 0.29) is 6.04 Å². The molecule has 0 spiro atoms. The zero-order valence-corrected chi connectivity index (χ0v) is 13.9. The minimum Gasteiger partial charge on any atom is -0.338 e. The number of rotatable bonds is 5. The Morgan fingerprint density at radius 3 is 2.95 bits per heavy atom. The number of nitrogens with zero attached hydrogens (tertiary/aromatic N) is 5.